The summed E-state index contributed by atoms with van der Waals surface area (Å²) in [7, 11) is 0. The van der Waals surface area contributed by atoms with Gasteiger partial charge in [-0.05, 0) is 30.6 Å². The molecule has 15 heavy (non-hydrogen) atoms. The van der Waals surface area contributed by atoms with Gasteiger partial charge in [0.2, 0.25) is 0 Å². The Labute approximate surface area is 96.8 Å². The summed E-state index contributed by atoms with van der Waals surface area (Å²) in [6.45, 7) is 7.29. The Bertz CT molecular complexity index is 151. The number of hydrogen-bond acceptors (Lipinski definition) is 0. The van der Waals surface area contributed by atoms with Gasteiger partial charge < -0.3 is 0 Å². The first kappa shape index (κ1) is 13.1. The highest BCUT2D eigenvalue weighted by molar-refractivity contribution is 4.83. The molecule has 0 aromatic carbocycles. The zero-order valence-electron chi connectivity index (χ0n) is 11.1. The second kappa shape index (κ2) is 6.55. The fourth-order valence-corrected chi connectivity index (χ4v) is 3.44. The molecular weight excluding hydrogens is 180 g/mol. The van der Waals surface area contributed by atoms with E-state index in [2.05, 4.69) is 20.8 Å². The van der Waals surface area contributed by atoms with Gasteiger partial charge >= 0.3 is 0 Å². The predicted molar refractivity (Wildman–Crippen MR) is 69.1 cm³/mol. The molecule has 0 N–H and O–H groups in total. The van der Waals surface area contributed by atoms with Crippen molar-refractivity contribution in [3.05, 3.63) is 0 Å². The molecular formula is C15H30. The van der Waals surface area contributed by atoms with E-state index in [1.807, 2.05) is 0 Å². The first-order chi connectivity index (χ1) is 7.23. The van der Waals surface area contributed by atoms with Crippen molar-refractivity contribution in [2.75, 3.05) is 0 Å². The van der Waals surface area contributed by atoms with Crippen LogP contribution in [0.25, 0.3) is 0 Å². The minimum atomic E-state index is 0.681. The SMILES string of the molecule is CCCCC(CC)C1(C)CCCCCC1. The lowest BCUT2D eigenvalue weighted by Gasteiger charge is -2.37. The van der Waals surface area contributed by atoms with Crippen molar-refractivity contribution in [3.8, 4) is 0 Å². The molecule has 0 bridgehead atoms. The summed E-state index contributed by atoms with van der Waals surface area (Å²) >= 11 is 0. The van der Waals surface area contributed by atoms with Crippen LogP contribution in [0.3, 0.4) is 0 Å². The molecule has 1 saturated carbocycles. The van der Waals surface area contributed by atoms with E-state index < -0.39 is 0 Å². The van der Waals surface area contributed by atoms with Crippen LogP contribution in [0.5, 0.6) is 0 Å². The van der Waals surface area contributed by atoms with Gasteiger partial charge in [-0.2, -0.15) is 0 Å². The first-order valence-corrected chi connectivity index (χ1v) is 7.23. The Balaban J connectivity index is 2.53. The summed E-state index contributed by atoms with van der Waals surface area (Å²) < 4.78 is 0. The van der Waals surface area contributed by atoms with Crippen LogP contribution in [0, 0.1) is 11.3 Å². The van der Waals surface area contributed by atoms with E-state index in [1.54, 1.807) is 0 Å². The Morgan fingerprint density at radius 3 is 2.07 bits per heavy atom. The predicted octanol–water partition coefficient (Wildman–Crippen LogP) is 5.56. The Hall–Kier alpha value is 0. The lowest BCUT2D eigenvalue weighted by molar-refractivity contribution is 0.139. The Kier molecular flexibility index (Phi) is 5.71. The van der Waals surface area contributed by atoms with E-state index in [0.717, 1.165) is 5.92 Å². The molecule has 0 aromatic rings. The van der Waals surface area contributed by atoms with E-state index in [0.29, 0.717) is 5.41 Å². The highest BCUT2D eigenvalue weighted by Gasteiger charge is 2.32. The fourth-order valence-electron chi connectivity index (χ4n) is 3.44. The van der Waals surface area contributed by atoms with Crippen LogP contribution >= 0.6 is 0 Å². The van der Waals surface area contributed by atoms with Crippen LogP contribution in [-0.2, 0) is 0 Å². The molecule has 0 nitrogen and oxygen atoms in total. The summed E-state index contributed by atoms with van der Waals surface area (Å²) in [5.41, 5.74) is 0.681. The van der Waals surface area contributed by atoms with Gasteiger partial charge in [-0.15, -0.1) is 0 Å². The Morgan fingerprint density at radius 1 is 1.00 bits per heavy atom. The summed E-state index contributed by atoms with van der Waals surface area (Å²) in [4.78, 5) is 0. The summed E-state index contributed by atoms with van der Waals surface area (Å²) in [5.74, 6) is 0.996. The van der Waals surface area contributed by atoms with E-state index >= 15 is 0 Å². The van der Waals surface area contributed by atoms with E-state index in [4.69, 9.17) is 0 Å². The van der Waals surface area contributed by atoms with Crippen molar-refractivity contribution in [2.24, 2.45) is 11.3 Å². The van der Waals surface area contributed by atoms with Crippen molar-refractivity contribution in [1.29, 1.82) is 0 Å². The largest absolute Gasteiger partial charge is 0.0654 e. The van der Waals surface area contributed by atoms with Gasteiger partial charge in [0.1, 0.15) is 0 Å². The molecule has 1 atom stereocenters. The van der Waals surface area contributed by atoms with Crippen LogP contribution in [0.2, 0.25) is 0 Å². The van der Waals surface area contributed by atoms with E-state index in [1.165, 1.54) is 64.2 Å². The summed E-state index contributed by atoms with van der Waals surface area (Å²) in [5, 5.41) is 0. The molecule has 1 aliphatic carbocycles. The molecule has 0 saturated heterocycles. The molecule has 0 spiro atoms. The van der Waals surface area contributed by atoms with Crippen LogP contribution in [0.15, 0.2) is 0 Å². The van der Waals surface area contributed by atoms with Gasteiger partial charge in [0.05, 0.1) is 0 Å². The van der Waals surface area contributed by atoms with Crippen molar-refractivity contribution >= 4 is 0 Å². The van der Waals surface area contributed by atoms with Crippen LogP contribution in [0.1, 0.15) is 85.0 Å². The zero-order valence-corrected chi connectivity index (χ0v) is 11.1. The van der Waals surface area contributed by atoms with Crippen molar-refractivity contribution in [2.45, 2.75) is 85.0 Å². The van der Waals surface area contributed by atoms with Gasteiger partial charge in [-0.25, -0.2) is 0 Å². The number of unbranched alkanes of at least 4 members (excludes halogenated alkanes) is 1. The molecule has 1 aliphatic rings. The molecule has 0 heteroatoms. The minimum absolute atomic E-state index is 0.681. The summed E-state index contributed by atoms with van der Waals surface area (Å²) in [6.07, 6.45) is 14.6. The highest BCUT2D eigenvalue weighted by atomic mass is 14.4. The second-order valence-electron chi connectivity index (χ2n) is 5.82. The van der Waals surface area contributed by atoms with Crippen molar-refractivity contribution in [1.82, 2.24) is 0 Å². The van der Waals surface area contributed by atoms with E-state index in [-0.39, 0.29) is 0 Å². The molecule has 0 aliphatic heterocycles. The first-order valence-electron chi connectivity index (χ1n) is 7.23. The van der Waals surface area contributed by atoms with Crippen LogP contribution in [0.4, 0.5) is 0 Å². The Morgan fingerprint density at radius 2 is 1.60 bits per heavy atom. The normalized spacial score (nSPS) is 23.4. The monoisotopic (exact) mass is 210 g/mol. The lowest BCUT2D eigenvalue weighted by atomic mass is 9.68. The van der Waals surface area contributed by atoms with Gasteiger partial charge in [-0.1, -0.05) is 65.7 Å². The van der Waals surface area contributed by atoms with E-state index in [9.17, 15) is 0 Å². The maximum atomic E-state index is 2.57. The van der Waals surface area contributed by atoms with Crippen LogP contribution < -0.4 is 0 Å². The summed E-state index contributed by atoms with van der Waals surface area (Å²) in [6, 6.07) is 0. The number of hydrogen-bond donors (Lipinski definition) is 0. The molecule has 90 valence electrons. The highest BCUT2D eigenvalue weighted by Crippen LogP contribution is 2.44. The topological polar surface area (TPSA) is 0 Å². The van der Waals surface area contributed by atoms with Crippen LogP contribution in [-0.4, -0.2) is 0 Å². The molecule has 0 aromatic heterocycles. The minimum Gasteiger partial charge on any atom is -0.0654 e. The number of rotatable bonds is 5. The smallest absolute Gasteiger partial charge is 0.0298 e. The van der Waals surface area contributed by atoms with Crippen molar-refractivity contribution in [3.63, 3.8) is 0 Å². The molecule has 1 unspecified atom stereocenters. The third-order valence-electron chi connectivity index (χ3n) is 4.63. The molecule has 0 radical (unpaired) electrons. The quantitative estimate of drug-likeness (QED) is 0.521. The average molecular weight is 210 g/mol. The maximum Gasteiger partial charge on any atom is -0.0298 e. The molecule has 0 amide bonds. The van der Waals surface area contributed by atoms with Crippen molar-refractivity contribution < 1.29 is 0 Å². The van der Waals surface area contributed by atoms with Gasteiger partial charge in [-0.3, -0.25) is 0 Å². The molecule has 1 rings (SSSR count). The van der Waals surface area contributed by atoms with Gasteiger partial charge in [0, 0.05) is 0 Å². The average Bonchev–Trinajstić information content (AvgIpc) is 2.45. The standard InChI is InChI=1S/C15H30/c1-4-6-11-14(5-2)15(3)12-9-7-8-10-13-15/h14H,4-13H2,1-3H3. The maximum absolute atomic E-state index is 2.57. The lowest BCUT2D eigenvalue weighted by Crippen LogP contribution is -2.26. The molecule has 1 fully saturated rings. The van der Waals surface area contributed by atoms with Gasteiger partial charge in [0.15, 0.2) is 0 Å². The third-order valence-corrected chi connectivity index (χ3v) is 4.63. The fraction of sp³-hybridized carbons (Fsp3) is 1.00. The third kappa shape index (κ3) is 3.81. The second-order valence-corrected chi connectivity index (χ2v) is 5.82. The van der Waals surface area contributed by atoms with Gasteiger partial charge in [0.25, 0.3) is 0 Å². The zero-order chi connectivity index (χ0) is 11.1. The molecule has 0 heterocycles.